The Morgan fingerprint density at radius 1 is 1.36 bits per heavy atom. The maximum absolute atomic E-state index is 12.3. The monoisotopic (exact) mass is 219 g/mol. The second-order valence-corrected chi connectivity index (χ2v) is 3.28. The number of alkyl halides is 2. The Morgan fingerprint density at radius 2 is 2.00 bits per heavy atom. The number of aromatic nitrogens is 1. The van der Waals surface area contributed by atoms with Gasteiger partial charge in [0.2, 0.25) is 0 Å². The van der Waals surface area contributed by atoms with E-state index in [1.807, 2.05) is 0 Å². The van der Waals surface area contributed by atoms with Gasteiger partial charge in [0.05, 0.1) is 6.10 Å². The summed E-state index contributed by atoms with van der Waals surface area (Å²) in [5, 5.41) is 0. The number of rotatable bonds is 4. The first kappa shape index (κ1) is 11.4. The highest BCUT2D eigenvalue weighted by Gasteiger charge is 2.11. The number of pyridine rings is 1. The van der Waals surface area contributed by atoms with E-state index in [9.17, 15) is 8.78 Å². The Morgan fingerprint density at radius 3 is 2.57 bits per heavy atom. The molecule has 0 N–H and O–H groups in total. The van der Waals surface area contributed by atoms with Crippen molar-refractivity contribution in [2.45, 2.75) is 19.5 Å². The van der Waals surface area contributed by atoms with Crippen molar-refractivity contribution in [2.24, 2.45) is 0 Å². The fraction of sp³-hybridized carbons (Fsp3) is 0.444. The van der Waals surface area contributed by atoms with Crippen molar-refractivity contribution in [3.63, 3.8) is 0 Å². The Labute approximate surface area is 85.9 Å². The molecular formula is C9H11F2NOS. The van der Waals surface area contributed by atoms with Gasteiger partial charge in [0.1, 0.15) is 0 Å². The average molecular weight is 219 g/mol. The van der Waals surface area contributed by atoms with E-state index in [2.05, 4.69) is 4.98 Å². The normalized spacial score (nSPS) is 13.2. The molecule has 14 heavy (non-hydrogen) atoms. The molecule has 1 aromatic heterocycles. The van der Waals surface area contributed by atoms with Gasteiger partial charge in [-0.3, -0.25) is 4.98 Å². The highest BCUT2D eigenvalue weighted by Crippen LogP contribution is 2.24. The Kier molecular flexibility index (Phi) is 4.28. The van der Waals surface area contributed by atoms with Crippen molar-refractivity contribution < 1.29 is 13.0 Å². The van der Waals surface area contributed by atoms with E-state index in [-0.39, 0.29) is 11.7 Å². The standard InChI is InChI=1S/C9H11F2NOS/c1-6(13-14-2)7-3-8(9(10)11)5-12-4-7/h3-6,9H,1-2H3. The molecule has 1 unspecified atom stereocenters. The molecule has 1 atom stereocenters. The van der Waals surface area contributed by atoms with Gasteiger partial charge in [0.25, 0.3) is 6.43 Å². The molecule has 0 spiro atoms. The number of hydrogen-bond donors (Lipinski definition) is 0. The van der Waals surface area contributed by atoms with Gasteiger partial charge in [-0.25, -0.2) is 8.78 Å². The molecule has 0 aliphatic rings. The fourth-order valence-corrected chi connectivity index (χ4v) is 1.42. The van der Waals surface area contributed by atoms with E-state index < -0.39 is 6.43 Å². The molecule has 0 bridgehead atoms. The van der Waals surface area contributed by atoms with Crippen LogP contribution in [0.4, 0.5) is 8.78 Å². The first-order valence-corrected chi connectivity index (χ1v) is 5.22. The smallest absolute Gasteiger partial charge is 0.265 e. The molecule has 78 valence electrons. The topological polar surface area (TPSA) is 22.1 Å². The maximum Gasteiger partial charge on any atom is 0.265 e. The second kappa shape index (κ2) is 5.26. The molecule has 0 aliphatic carbocycles. The number of hydrogen-bond acceptors (Lipinski definition) is 3. The van der Waals surface area contributed by atoms with E-state index in [4.69, 9.17) is 4.18 Å². The number of halogens is 2. The third-order valence-electron chi connectivity index (χ3n) is 1.74. The van der Waals surface area contributed by atoms with Crippen LogP contribution in [-0.4, -0.2) is 11.2 Å². The van der Waals surface area contributed by atoms with Crippen LogP contribution < -0.4 is 0 Å². The summed E-state index contributed by atoms with van der Waals surface area (Å²) < 4.78 is 29.8. The van der Waals surface area contributed by atoms with E-state index in [0.29, 0.717) is 5.56 Å². The third kappa shape index (κ3) is 2.92. The van der Waals surface area contributed by atoms with Gasteiger partial charge in [0.15, 0.2) is 0 Å². The molecule has 0 aliphatic heterocycles. The summed E-state index contributed by atoms with van der Waals surface area (Å²) in [4.78, 5) is 3.74. The van der Waals surface area contributed by atoms with Crippen LogP contribution in [-0.2, 0) is 4.18 Å². The lowest BCUT2D eigenvalue weighted by Crippen LogP contribution is -1.97. The Balaban J connectivity index is 2.82. The molecule has 1 heterocycles. The van der Waals surface area contributed by atoms with Crippen LogP contribution in [0.3, 0.4) is 0 Å². The minimum Gasteiger partial charge on any atom is -0.308 e. The summed E-state index contributed by atoms with van der Waals surface area (Å²) >= 11 is 1.20. The molecule has 0 radical (unpaired) electrons. The lowest BCUT2D eigenvalue weighted by Gasteiger charge is -2.10. The van der Waals surface area contributed by atoms with E-state index in [0.717, 1.165) is 0 Å². The first-order chi connectivity index (χ1) is 6.65. The van der Waals surface area contributed by atoms with E-state index in [1.165, 1.54) is 30.5 Å². The number of nitrogens with zero attached hydrogens (tertiary/aromatic N) is 1. The van der Waals surface area contributed by atoms with Gasteiger partial charge >= 0.3 is 0 Å². The lowest BCUT2D eigenvalue weighted by molar-refractivity contribution is 0.150. The molecule has 2 nitrogen and oxygen atoms in total. The van der Waals surface area contributed by atoms with Gasteiger partial charge in [-0.2, -0.15) is 0 Å². The largest absolute Gasteiger partial charge is 0.308 e. The summed E-state index contributed by atoms with van der Waals surface area (Å²) in [5.41, 5.74) is 0.594. The van der Waals surface area contributed by atoms with Crippen LogP contribution in [0.15, 0.2) is 18.5 Å². The molecule has 0 saturated heterocycles. The third-order valence-corrected chi connectivity index (χ3v) is 2.22. The predicted molar refractivity (Wildman–Crippen MR) is 52.2 cm³/mol. The zero-order chi connectivity index (χ0) is 10.6. The first-order valence-electron chi connectivity index (χ1n) is 4.07. The van der Waals surface area contributed by atoms with Crippen molar-refractivity contribution in [3.8, 4) is 0 Å². The minimum absolute atomic E-state index is 0.0703. The molecule has 0 saturated carbocycles. The molecule has 5 heteroatoms. The van der Waals surface area contributed by atoms with Crippen molar-refractivity contribution in [1.82, 2.24) is 4.98 Å². The van der Waals surface area contributed by atoms with Crippen LogP contribution >= 0.6 is 12.0 Å². The highest BCUT2D eigenvalue weighted by atomic mass is 32.2. The zero-order valence-corrected chi connectivity index (χ0v) is 8.72. The van der Waals surface area contributed by atoms with Gasteiger partial charge in [-0.1, -0.05) is 0 Å². The SMILES string of the molecule is CSOC(C)c1cncc(C(F)F)c1. The summed E-state index contributed by atoms with van der Waals surface area (Å²) in [6.45, 7) is 1.79. The highest BCUT2D eigenvalue weighted by molar-refractivity contribution is 7.93. The van der Waals surface area contributed by atoms with Crippen molar-refractivity contribution in [3.05, 3.63) is 29.6 Å². The molecule has 0 amide bonds. The Hall–Kier alpha value is -0.680. The van der Waals surface area contributed by atoms with Crippen LogP contribution in [0.5, 0.6) is 0 Å². The average Bonchev–Trinajstić information content (AvgIpc) is 2.18. The van der Waals surface area contributed by atoms with Gasteiger partial charge < -0.3 is 4.18 Å². The Bertz CT molecular complexity index is 296. The maximum atomic E-state index is 12.3. The quantitative estimate of drug-likeness (QED) is 0.725. The molecule has 1 aromatic rings. The molecule has 1 rings (SSSR count). The minimum atomic E-state index is -2.48. The van der Waals surface area contributed by atoms with Crippen molar-refractivity contribution in [2.75, 3.05) is 6.26 Å². The summed E-state index contributed by atoms with van der Waals surface area (Å²) in [6.07, 6.45) is 1.77. The fourth-order valence-electron chi connectivity index (χ4n) is 1.02. The molecular weight excluding hydrogens is 208 g/mol. The summed E-state index contributed by atoms with van der Waals surface area (Å²) in [6, 6.07) is 1.42. The van der Waals surface area contributed by atoms with Gasteiger partial charge in [-0.05, 0) is 25.0 Å². The molecule has 0 aromatic carbocycles. The van der Waals surface area contributed by atoms with Crippen molar-refractivity contribution >= 4 is 12.0 Å². The van der Waals surface area contributed by atoms with Crippen molar-refractivity contribution in [1.29, 1.82) is 0 Å². The van der Waals surface area contributed by atoms with Crippen LogP contribution in [0.2, 0.25) is 0 Å². The summed E-state index contributed by atoms with van der Waals surface area (Å²) in [5.74, 6) is 0. The van der Waals surface area contributed by atoms with Gasteiger partial charge in [-0.15, -0.1) is 0 Å². The second-order valence-electron chi connectivity index (χ2n) is 2.76. The van der Waals surface area contributed by atoms with Gasteiger partial charge in [0, 0.05) is 29.8 Å². The zero-order valence-electron chi connectivity index (χ0n) is 7.91. The lowest BCUT2D eigenvalue weighted by atomic mass is 10.1. The molecule has 0 fully saturated rings. The van der Waals surface area contributed by atoms with Crippen LogP contribution in [0, 0.1) is 0 Å². The van der Waals surface area contributed by atoms with E-state index >= 15 is 0 Å². The van der Waals surface area contributed by atoms with E-state index in [1.54, 1.807) is 13.2 Å². The summed E-state index contributed by atoms with van der Waals surface area (Å²) in [7, 11) is 0. The predicted octanol–water partition coefficient (Wildman–Crippen LogP) is 3.37. The van der Waals surface area contributed by atoms with Crippen LogP contribution in [0.25, 0.3) is 0 Å². The van der Waals surface area contributed by atoms with Crippen LogP contribution in [0.1, 0.15) is 30.6 Å².